The topological polar surface area (TPSA) is 25.8 Å². The van der Waals surface area contributed by atoms with Crippen LogP contribution in [0.5, 0.6) is 0 Å². The monoisotopic (exact) mass is 472 g/mol. The minimum absolute atomic E-state index is 0.925. The second-order valence-electron chi connectivity index (χ2n) is 9.48. The largest absolute Gasteiger partial charge is 0.254 e. The number of hydrogen-bond acceptors (Lipinski definition) is 2. The molecular weight excluding hydrogens is 448 g/mol. The summed E-state index contributed by atoms with van der Waals surface area (Å²) in [4.78, 5) is 10.2. The molecule has 0 bridgehead atoms. The van der Waals surface area contributed by atoms with Gasteiger partial charge in [0.05, 0.1) is 16.7 Å². The number of hydrogen-bond donors (Lipinski definition) is 0. The van der Waals surface area contributed by atoms with E-state index in [1.54, 1.807) is 0 Å². The molecule has 0 radical (unpaired) electrons. The molecule has 0 saturated heterocycles. The summed E-state index contributed by atoms with van der Waals surface area (Å²) in [5.74, 6) is 0. The molecule has 2 aromatic heterocycles. The summed E-state index contributed by atoms with van der Waals surface area (Å²) in [6, 6.07) is 42.8. The fourth-order valence-corrected chi connectivity index (χ4v) is 5.46. The van der Waals surface area contributed by atoms with Crippen LogP contribution in [0.3, 0.4) is 0 Å². The second-order valence-corrected chi connectivity index (χ2v) is 9.48. The zero-order valence-electron chi connectivity index (χ0n) is 20.5. The van der Waals surface area contributed by atoms with E-state index in [1.165, 1.54) is 38.6 Å². The number of aryl methyl sites for hydroxylation is 1. The molecular formula is C35H24N2. The lowest BCUT2D eigenvalue weighted by Crippen LogP contribution is -1.94. The van der Waals surface area contributed by atoms with Crippen LogP contribution in [0.4, 0.5) is 0 Å². The lowest BCUT2D eigenvalue weighted by molar-refractivity contribution is 1.37. The van der Waals surface area contributed by atoms with Crippen molar-refractivity contribution in [3.05, 3.63) is 133 Å². The second kappa shape index (κ2) is 8.69. The molecule has 2 heterocycles. The van der Waals surface area contributed by atoms with Crippen molar-refractivity contribution in [2.24, 2.45) is 0 Å². The molecule has 0 spiro atoms. The van der Waals surface area contributed by atoms with Crippen LogP contribution in [0.15, 0.2) is 128 Å². The molecule has 37 heavy (non-hydrogen) atoms. The van der Waals surface area contributed by atoms with Crippen LogP contribution in [0.25, 0.3) is 66.1 Å². The quantitative estimate of drug-likeness (QED) is 0.240. The van der Waals surface area contributed by atoms with Crippen LogP contribution in [-0.4, -0.2) is 9.97 Å². The van der Waals surface area contributed by atoms with Crippen LogP contribution in [0, 0.1) is 6.92 Å². The molecule has 0 N–H and O–H groups in total. The van der Waals surface area contributed by atoms with Gasteiger partial charge >= 0.3 is 0 Å². The first-order valence-electron chi connectivity index (χ1n) is 12.6. The number of aromatic nitrogens is 2. The van der Waals surface area contributed by atoms with Gasteiger partial charge in [0.1, 0.15) is 0 Å². The van der Waals surface area contributed by atoms with E-state index in [9.17, 15) is 0 Å². The van der Waals surface area contributed by atoms with Gasteiger partial charge in [0.25, 0.3) is 0 Å². The molecule has 5 aromatic carbocycles. The van der Waals surface area contributed by atoms with Crippen molar-refractivity contribution in [2.45, 2.75) is 6.92 Å². The first-order chi connectivity index (χ1) is 18.3. The highest BCUT2D eigenvalue weighted by Gasteiger charge is 2.16. The van der Waals surface area contributed by atoms with Gasteiger partial charge in [0, 0.05) is 22.5 Å². The molecule has 0 aliphatic carbocycles. The zero-order chi connectivity index (χ0) is 24.8. The summed E-state index contributed by atoms with van der Waals surface area (Å²) >= 11 is 0. The third-order valence-corrected chi connectivity index (χ3v) is 7.28. The van der Waals surface area contributed by atoms with Crippen LogP contribution in [-0.2, 0) is 0 Å². The highest BCUT2D eigenvalue weighted by atomic mass is 14.8. The van der Waals surface area contributed by atoms with Crippen molar-refractivity contribution >= 4 is 32.6 Å². The fourth-order valence-electron chi connectivity index (χ4n) is 5.46. The highest BCUT2D eigenvalue weighted by Crippen LogP contribution is 2.39. The number of nitrogens with zero attached hydrogens (tertiary/aromatic N) is 2. The summed E-state index contributed by atoms with van der Waals surface area (Å²) in [5.41, 5.74) is 9.90. The molecule has 0 fully saturated rings. The van der Waals surface area contributed by atoms with Crippen molar-refractivity contribution in [3.63, 3.8) is 0 Å². The van der Waals surface area contributed by atoms with Gasteiger partial charge in [-0.15, -0.1) is 0 Å². The Kier molecular flexibility index (Phi) is 5.04. The Morgan fingerprint density at radius 3 is 1.86 bits per heavy atom. The van der Waals surface area contributed by atoms with Gasteiger partial charge in [-0.05, 0) is 57.6 Å². The lowest BCUT2D eigenvalue weighted by Gasteiger charge is -2.15. The van der Waals surface area contributed by atoms with E-state index in [4.69, 9.17) is 9.97 Å². The number of pyridine rings is 2. The molecule has 174 valence electrons. The molecule has 0 unspecified atom stereocenters. The third-order valence-electron chi connectivity index (χ3n) is 7.28. The Balaban J connectivity index is 1.59. The Labute approximate surface area is 215 Å². The maximum Gasteiger partial charge on any atom is 0.0978 e. The van der Waals surface area contributed by atoms with Crippen LogP contribution >= 0.6 is 0 Å². The average molecular weight is 473 g/mol. The Hall–Kier alpha value is -4.82. The van der Waals surface area contributed by atoms with Crippen LogP contribution in [0.1, 0.15) is 5.56 Å². The third kappa shape index (κ3) is 3.57. The van der Waals surface area contributed by atoms with Crippen molar-refractivity contribution in [3.8, 4) is 33.5 Å². The average Bonchev–Trinajstić information content (AvgIpc) is 2.97. The molecule has 7 aromatic rings. The predicted octanol–water partition coefficient (Wildman–Crippen LogP) is 9.25. The summed E-state index contributed by atoms with van der Waals surface area (Å²) < 4.78 is 0. The molecule has 2 nitrogen and oxygen atoms in total. The van der Waals surface area contributed by atoms with Gasteiger partial charge in [-0.3, -0.25) is 4.98 Å². The highest BCUT2D eigenvalue weighted by molar-refractivity contribution is 6.13. The first kappa shape index (κ1) is 21.5. The molecule has 0 saturated carbocycles. The van der Waals surface area contributed by atoms with Gasteiger partial charge in [-0.25, -0.2) is 4.98 Å². The maximum absolute atomic E-state index is 5.31. The summed E-state index contributed by atoms with van der Waals surface area (Å²) in [6.07, 6.45) is 1.90. The van der Waals surface area contributed by atoms with Crippen molar-refractivity contribution < 1.29 is 0 Å². The minimum atomic E-state index is 0.925. The number of fused-ring (bicyclic) bond motifs is 4. The summed E-state index contributed by atoms with van der Waals surface area (Å²) in [5, 5.41) is 4.69. The van der Waals surface area contributed by atoms with Crippen molar-refractivity contribution in [1.82, 2.24) is 9.97 Å². The standard InChI is InChI=1S/C35H24N2/c1-23-10-8-16-28-26(23)15-9-17-29(28)33-22-32(25-13-6-3-7-14-25)31-19-18-30-27(24-11-4-2-5-12-24)20-21-36-34(30)35(31)37-33/h2-22H,1H3. The molecule has 0 amide bonds. The normalized spacial score (nSPS) is 11.4. The Morgan fingerprint density at radius 2 is 1.11 bits per heavy atom. The molecule has 2 heteroatoms. The Bertz CT molecular complexity index is 1920. The number of benzene rings is 5. The van der Waals surface area contributed by atoms with E-state index < -0.39 is 0 Å². The molecule has 0 aliphatic heterocycles. The van der Waals surface area contributed by atoms with E-state index in [2.05, 4.69) is 122 Å². The SMILES string of the molecule is Cc1cccc2c(-c3cc(-c4ccccc4)c4ccc5c(-c6ccccc6)ccnc5c4n3)cccc12. The van der Waals surface area contributed by atoms with Crippen molar-refractivity contribution in [1.29, 1.82) is 0 Å². The summed E-state index contributed by atoms with van der Waals surface area (Å²) in [7, 11) is 0. The van der Waals surface area contributed by atoms with Gasteiger partial charge < -0.3 is 0 Å². The van der Waals surface area contributed by atoms with E-state index in [0.29, 0.717) is 0 Å². The predicted molar refractivity (Wildman–Crippen MR) is 156 cm³/mol. The molecule has 0 atom stereocenters. The maximum atomic E-state index is 5.31. The van der Waals surface area contributed by atoms with E-state index >= 15 is 0 Å². The van der Waals surface area contributed by atoms with Gasteiger partial charge in [-0.2, -0.15) is 0 Å². The fraction of sp³-hybridized carbons (Fsp3) is 0.0286. The molecule has 7 rings (SSSR count). The van der Waals surface area contributed by atoms with E-state index in [-0.39, 0.29) is 0 Å². The van der Waals surface area contributed by atoms with E-state index in [0.717, 1.165) is 33.1 Å². The van der Waals surface area contributed by atoms with Crippen LogP contribution in [0.2, 0.25) is 0 Å². The van der Waals surface area contributed by atoms with E-state index in [1.807, 2.05) is 12.3 Å². The van der Waals surface area contributed by atoms with Gasteiger partial charge in [0.2, 0.25) is 0 Å². The number of rotatable bonds is 3. The Morgan fingerprint density at radius 1 is 0.459 bits per heavy atom. The zero-order valence-corrected chi connectivity index (χ0v) is 20.5. The van der Waals surface area contributed by atoms with Gasteiger partial charge in [0.15, 0.2) is 0 Å². The minimum Gasteiger partial charge on any atom is -0.254 e. The van der Waals surface area contributed by atoms with Crippen LogP contribution < -0.4 is 0 Å². The summed E-state index contributed by atoms with van der Waals surface area (Å²) in [6.45, 7) is 2.16. The smallest absolute Gasteiger partial charge is 0.0978 e. The lowest BCUT2D eigenvalue weighted by atomic mass is 9.93. The van der Waals surface area contributed by atoms with Crippen molar-refractivity contribution in [2.75, 3.05) is 0 Å². The first-order valence-corrected chi connectivity index (χ1v) is 12.6. The van der Waals surface area contributed by atoms with Gasteiger partial charge in [-0.1, -0.05) is 109 Å². The molecule has 0 aliphatic rings.